The molecule has 146 valence electrons. The third kappa shape index (κ3) is 3.33. The number of aliphatic hydroxyl groups is 2. The third-order valence-electron chi connectivity index (χ3n) is 4.67. The van der Waals surface area contributed by atoms with E-state index in [4.69, 9.17) is 9.47 Å². The van der Waals surface area contributed by atoms with Gasteiger partial charge in [0.1, 0.15) is 0 Å². The first kappa shape index (κ1) is 19.5. The first-order valence-electron chi connectivity index (χ1n) is 8.65. The Hall–Kier alpha value is -3.28. The summed E-state index contributed by atoms with van der Waals surface area (Å²) in [4.78, 5) is 13.1. The van der Waals surface area contributed by atoms with Gasteiger partial charge in [0, 0.05) is 0 Å². The molecule has 2 aromatic carbocycles. The number of hydrogen-bond acceptors (Lipinski definition) is 6. The Labute approximate surface area is 161 Å². The highest BCUT2D eigenvalue weighted by Crippen LogP contribution is 2.28. The Balaban J connectivity index is 2.19. The van der Waals surface area contributed by atoms with Crippen LogP contribution < -0.4 is 15.2 Å². The maximum atomic E-state index is 13.1. The average molecular weight is 383 g/mol. The maximum absolute atomic E-state index is 13.1. The Bertz CT molecular complexity index is 1090. The van der Waals surface area contributed by atoms with Gasteiger partial charge >= 0.3 is 5.69 Å². The maximum Gasteiger partial charge on any atom is 0.329 e. The van der Waals surface area contributed by atoms with Gasteiger partial charge in [-0.2, -0.15) is 5.26 Å². The van der Waals surface area contributed by atoms with Crippen molar-refractivity contribution < 1.29 is 19.7 Å². The molecule has 0 atom stereocenters. The molecule has 0 fully saturated rings. The van der Waals surface area contributed by atoms with Crippen LogP contribution in [0.1, 0.15) is 17.2 Å². The van der Waals surface area contributed by atoms with Gasteiger partial charge in [0.25, 0.3) is 0 Å². The quantitative estimate of drug-likeness (QED) is 0.636. The van der Waals surface area contributed by atoms with Gasteiger partial charge < -0.3 is 19.7 Å². The number of methoxy groups -OCH3 is 2. The molecular weight excluding hydrogens is 362 g/mol. The topological polar surface area (TPSA) is 110 Å². The molecule has 0 aliphatic heterocycles. The summed E-state index contributed by atoms with van der Waals surface area (Å²) in [6.45, 7) is -0.543. The average Bonchev–Trinajstić information content (AvgIpc) is 3.00. The predicted octanol–water partition coefficient (Wildman–Crippen LogP) is 1.27. The summed E-state index contributed by atoms with van der Waals surface area (Å²) in [6.07, 6.45) is 0. The zero-order chi connectivity index (χ0) is 20.3. The predicted molar refractivity (Wildman–Crippen MR) is 103 cm³/mol. The lowest BCUT2D eigenvalue weighted by Gasteiger charge is -2.12. The van der Waals surface area contributed by atoms with Crippen LogP contribution in [-0.4, -0.2) is 46.8 Å². The number of fused-ring (bicyclic) bond motifs is 1. The second-order valence-corrected chi connectivity index (χ2v) is 6.26. The van der Waals surface area contributed by atoms with Gasteiger partial charge in [-0.15, -0.1) is 0 Å². The molecule has 0 aliphatic carbocycles. The van der Waals surface area contributed by atoms with Crippen LogP contribution in [0.5, 0.6) is 11.5 Å². The number of hydrogen-bond donors (Lipinski definition) is 2. The normalized spacial score (nSPS) is 11.0. The monoisotopic (exact) mass is 383 g/mol. The minimum absolute atomic E-state index is 0.223. The van der Waals surface area contributed by atoms with Crippen LogP contribution in [0.2, 0.25) is 0 Å². The Morgan fingerprint density at radius 1 is 1.04 bits per heavy atom. The minimum Gasteiger partial charge on any atom is -0.493 e. The van der Waals surface area contributed by atoms with Crippen LogP contribution in [0.25, 0.3) is 11.0 Å². The summed E-state index contributed by atoms with van der Waals surface area (Å²) >= 11 is 0. The van der Waals surface area contributed by atoms with Gasteiger partial charge in [-0.3, -0.25) is 9.13 Å². The van der Waals surface area contributed by atoms with E-state index in [1.807, 2.05) is 6.07 Å². The zero-order valence-electron chi connectivity index (χ0n) is 15.6. The van der Waals surface area contributed by atoms with E-state index in [2.05, 4.69) is 6.07 Å². The number of ether oxygens (including phenoxy) is 2. The Morgan fingerprint density at radius 3 is 2.36 bits per heavy atom. The summed E-state index contributed by atoms with van der Waals surface area (Å²) in [5.41, 5.74) is 1.91. The van der Waals surface area contributed by atoms with Crippen molar-refractivity contribution in [2.75, 3.05) is 27.4 Å². The van der Waals surface area contributed by atoms with E-state index in [-0.39, 0.29) is 25.4 Å². The lowest BCUT2D eigenvalue weighted by Crippen LogP contribution is -2.31. The standard InChI is InChI=1S/C20H21N3O5/c1-27-18-6-4-14(8-19(18)28-2)10-22-17-7-13(9-21)3-5-16(17)23(20(22)26)15(11-24)12-25/h3-8,15,24-25H,10-12H2,1-2H3. The first-order chi connectivity index (χ1) is 13.6. The van der Waals surface area contributed by atoms with Gasteiger partial charge in [-0.05, 0) is 35.9 Å². The lowest BCUT2D eigenvalue weighted by molar-refractivity contribution is 0.154. The lowest BCUT2D eigenvalue weighted by atomic mass is 10.1. The molecule has 0 unspecified atom stereocenters. The molecule has 8 heteroatoms. The van der Waals surface area contributed by atoms with Gasteiger partial charge in [-0.25, -0.2) is 4.79 Å². The van der Waals surface area contributed by atoms with E-state index in [1.165, 1.54) is 16.2 Å². The summed E-state index contributed by atoms with van der Waals surface area (Å²) < 4.78 is 13.4. The van der Waals surface area contributed by atoms with E-state index in [1.54, 1.807) is 37.4 Å². The van der Waals surface area contributed by atoms with Crippen LogP contribution in [0.3, 0.4) is 0 Å². The van der Waals surface area contributed by atoms with Gasteiger partial charge in [0.15, 0.2) is 11.5 Å². The number of imidazole rings is 1. The molecule has 0 saturated carbocycles. The van der Waals surface area contributed by atoms with E-state index in [0.29, 0.717) is 28.1 Å². The first-order valence-corrected chi connectivity index (χ1v) is 8.65. The van der Waals surface area contributed by atoms with Crippen LogP contribution in [-0.2, 0) is 6.54 Å². The third-order valence-corrected chi connectivity index (χ3v) is 4.67. The fraction of sp³-hybridized carbons (Fsp3) is 0.300. The van der Waals surface area contributed by atoms with Crippen molar-refractivity contribution in [2.24, 2.45) is 0 Å². The molecule has 0 bridgehead atoms. The molecule has 3 rings (SSSR count). The Morgan fingerprint density at radius 2 is 1.75 bits per heavy atom. The van der Waals surface area contributed by atoms with E-state index >= 15 is 0 Å². The molecule has 8 nitrogen and oxygen atoms in total. The highest BCUT2D eigenvalue weighted by Gasteiger charge is 2.20. The van der Waals surface area contributed by atoms with Crippen molar-refractivity contribution in [3.05, 3.63) is 58.0 Å². The SMILES string of the molecule is COc1ccc(Cn2c(=O)n(C(CO)CO)c3ccc(C#N)cc32)cc1OC. The molecule has 3 aromatic rings. The fourth-order valence-corrected chi connectivity index (χ4v) is 3.24. The van der Waals surface area contributed by atoms with Crippen molar-refractivity contribution in [3.8, 4) is 17.6 Å². The summed E-state index contributed by atoms with van der Waals surface area (Å²) in [7, 11) is 3.08. The second-order valence-electron chi connectivity index (χ2n) is 6.26. The number of rotatable bonds is 7. The summed E-state index contributed by atoms with van der Waals surface area (Å²) in [5, 5.41) is 28.4. The molecule has 0 spiro atoms. The van der Waals surface area contributed by atoms with Crippen molar-refractivity contribution in [1.29, 1.82) is 5.26 Å². The molecule has 28 heavy (non-hydrogen) atoms. The molecule has 0 aliphatic rings. The summed E-state index contributed by atoms with van der Waals surface area (Å²) in [5.74, 6) is 1.12. The molecular formula is C20H21N3O5. The van der Waals surface area contributed by atoms with Crippen molar-refractivity contribution in [1.82, 2.24) is 9.13 Å². The van der Waals surface area contributed by atoms with Crippen molar-refractivity contribution >= 4 is 11.0 Å². The van der Waals surface area contributed by atoms with E-state index in [9.17, 15) is 20.3 Å². The van der Waals surface area contributed by atoms with Gasteiger partial charge in [-0.1, -0.05) is 6.07 Å². The van der Waals surface area contributed by atoms with E-state index < -0.39 is 6.04 Å². The van der Waals surface area contributed by atoms with Crippen LogP contribution in [0.4, 0.5) is 0 Å². The summed E-state index contributed by atoms with van der Waals surface area (Å²) in [6, 6.07) is 11.5. The second kappa shape index (κ2) is 8.17. The number of nitrogens with zero attached hydrogens (tertiary/aromatic N) is 3. The highest BCUT2D eigenvalue weighted by molar-refractivity contribution is 5.78. The van der Waals surface area contributed by atoms with Crippen molar-refractivity contribution in [3.63, 3.8) is 0 Å². The van der Waals surface area contributed by atoms with Crippen molar-refractivity contribution in [2.45, 2.75) is 12.6 Å². The Kier molecular flexibility index (Phi) is 5.68. The van der Waals surface area contributed by atoms with Crippen LogP contribution in [0, 0.1) is 11.3 Å². The fourth-order valence-electron chi connectivity index (χ4n) is 3.24. The molecule has 0 amide bonds. The van der Waals surface area contributed by atoms with Crippen LogP contribution >= 0.6 is 0 Å². The van der Waals surface area contributed by atoms with Gasteiger partial charge in [0.2, 0.25) is 0 Å². The molecule has 0 radical (unpaired) electrons. The molecule has 0 saturated heterocycles. The molecule has 1 heterocycles. The zero-order valence-corrected chi connectivity index (χ0v) is 15.6. The number of aromatic nitrogens is 2. The largest absolute Gasteiger partial charge is 0.493 e. The number of nitriles is 1. The smallest absolute Gasteiger partial charge is 0.329 e. The van der Waals surface area contributed by atoms with E-state index in [0.717, 1.165) is 5.56 Å². The number of aliphatic hydroxyl groups excluding tert-OH is 2. The van der Waals surface area contributed by atoms with Crippen LogP contribution in [0.15, 0.2) is 41.2 Å². The number of benzene rings is 2. The minimum atomic E-state index is -0.769. The van der Waals surface area contributed by atoms with Gasteiger partial charge in [0.05, 0.1) is 62.7 Å². The highest BCUT2D eigenvalue weighted by atomic mass is 16.5. The molecule has 1 aromatic heterocycles. The molecule has 2 N–H and O–H groups in total.